The van der Waals surface area contributed by atoms with E-state index in [9.17, 15) is 8.42 Å². The van der Waals surface area contributed by atoms with Crippen LogP contribution in [-0.4, -0.2) is 47.6 Å². The van der Waals surface area contributed by atoms with Crippen molar-refractivity contribution in [2.45, 2.75) is 24.3 Å². The summed E-state index contributed by atoms with van der Waals surface area (Å²) >= 11 is 0. The van der Waals surface area contributed by atoms with Crippen LogP contribution in [0.4, 0.5) is 0 Å². The quantitative estimate of drug-likeness (QED) is 0.344. The Balaban J connectivity index is 1.75. The molecule has 4 aromatic rings. The Hall–Kier alpha value is -4.17. The number of ether oxygens (including phenoxy) is 2. The van der Waals surface area contributed by atoms with Crippen molar-refractivity contribution in [2.24, 2.45) is 0 Å². The monoisotopic (exact) mass is 493 g/mol. The van der Waals surface area contributed by atoms with Crippen LogP contribution in [0.15, 0.2) is 59.3 Å². The predicted octanol–water partition coefficient (Wildman–Crippen LogP) is 3.36. The van der Waals surface area contributed by atoms with E-state index in [2.05, 4.69) is 15.2 Å². The van der Waals surface area contributed by atoms with Gasteiger partial charge < -0.3 is 13.9 Å². The molecule has 0 unspecified atom stereocenters. The van der Waals surface area contributed by atoms with Crippen LogP contribution in [0.2, 0.25) is 0 Å². The number of nitriles is 1. The van der Waals surface area contributed by atoms with E-state index in [1.807, 2.05) is 6.07 Å². The third-order valence-electron chi connectivity index (χ3n) is 5.49. The first-order chi connectivity index (χ1) is 16.9. The lowest BCUT2D eigenvalue weighted by atomic mass is 10.2. The zero-order valence-corrected chi connectivity index (χ0v) is 20.2. The number of nitrogens with zero attached hydrogens (tertiary/aromatic N) is 5. The number of hydrogen-bond acceptors (Lipinski definition) is 9. The molecule has 0 saturated heterocycles. The third kappa shape index (κ3) is 4.88. The van der Waals surface area contributed by atoms with Crippen molar-refractivity contribution < 1.29 is 22.3 Å². The van der Waals surface area contributed by atoms with Gasteiger partial charge in [0.15, 0.2) is 21.4 Å². The van der Waals surface area contributed by atoms with Crippen LogP contribution in [0.25, 0.3) is 17.3 Å². The van der Waals surface area contributed by atoms with Crippen LogP contribution < -0.4 is 9.47 Å². The van der Waals surface area contributed by atoms with Crippen LogP contribution in [0.1, 0.15) is 24.0 Å². The van der Waals surface area contributed by atoms with Crippen molar-refractivity contribution in [3.63, 3.8) is 0 Å². The highest BCUT2D eigenvalue weighted by Gasteiger charge is 2.29. The van der Waals surface area contributed by atoms with E-state index in [0.29, 0.717) is 40.0 Å². The number of methoxy groups -OCH3 is 2. The highest BCUT2D eigenvalue weighted by Crippen LogP contribution is 2.36. The lowest BCUT2D eigenvalue weighted by molar-refractivity contribution is 0.390. The summed E-state index contributed by atoms with van der Waals surface area (Å²) in [5, 5.41) is 16.6. The average molecular weight is 494 g/mol. The molecular formula is C24H23N5O5S. The summed E-state index contributed by atoms with van der Waals surface area (Å²) in [5.74, 6) is 1.40. The van der Waals surface area contributed by atoms with Crippen LogP contribution in [0, 0.1) is 11.3 Å². The number of sulfone groups is 1. The topological polar surface area (TPSA) is 133 Å². The molecule has 0 bridgehead atoms. The van der Waals surface area contributed by atoms with Crippen molar-refractivity contribution in [3.05, 3.63) is 72.0 Å². The molecule has 1 aromatic carbocycles. The van der Waals surface area contributed by atoms with Crippen LogP contribution in [0.5, 0.6) is 11.5 Å². The molecule has 3 heterocycles. The summed E-state index contributed by atoms with van der Waals surface area (Å²) in [4.78, 5) is 4.19. The molecule has 35 heavy (non-hydrogen) atoms. The molecule has 3 aromatic heterocycles. The smallest absolute Gasteiger partial charge is 0.204 e. The molecule has 0 radical (unpaired) electrons. The highest BCUT2D eigenvalue weighted by molar-refractivity contribution is 7.91. The van der Waals surface area contributed by atoms with E-state index < -0.39 is 15.1 Å². The van der Waals surface area contributed by atoms with E-state index in [1.165, 1.54) is 26.7 Å². The van der Waals surface area contributed by atoms with Crippen molar-refractivity contribution in [2.75, 3.05) is 14.2 Å². The molecule has 0 aliphatic heterocycles. The van der Waals surface area contributed by atoms with Gasteiger partial charge in [-0.3, -0.25) is 9.55 Å². The molecule has 0 spiro atoms. The lowest BCUT2D eigenvalue weighted by Gasteiger charge is -2.18. The minimum atomic E-state index is -3.69. The van der Waals surface area contributed by atoms with E-state index in [-0.39, 0.29) is 18.0 Å². The first kappa shape index (κ1) is 24.0. The minimum absolute atomic E-state index is 0.179. The molecule has 10 nitrogen and oxygen atoms in total. The first-order valence-corrected chi connectivity index (χ1v) is 12.4. The second-order valence-corrected chi connectivity index (χ2v) is 10.2. The Labute approximate surface area is 202 Å². The fourth-order valence-corrected chi connectivity index (χ4v) is 4.87. The summed E-state index contributed by atoms with van der Waals surface area (Å²) in [5.41, 5.74) is 1.44. The summed E-state index contributed by atoms with van der Waals surface area (Å²) in [6.07, 6.45) is 3.11. The maximum Gasteiger partial charge on any atom is 0.204 e. The zero-order valence-electron chi connectivity index (χ0n) is 19.4. The van der Waals surface area contributed by atoms with Crippen LogP contribution in [-0.2, 0) is 22.0 Å². The Morgan fingerprint density at radius 3 is 2.40 bits per heavy atom. The molecule has 11 heteroatoms. The normalized spacial score (nSPS) is 12.2. The van der Waals surface area contributed by atoms with E-state index >= 15 is 0 Å². The Morgan fingerprint density at radius 1 is 1.09 bits per heavy atom. The fourth-order valence-electron chi connectivity index (χ4n) is 3.62. The Morgan fingerprint density at radius 2 is 1.83 bits per heavy atom. The Bertz CT molecular complexity index is 1430. The number of para-hydroxylation sites is 1. The van der Waals surface area contributed by atoms with Gasteiger partial charge in [0, 0.05) is 18.3 Å². The molecule has 0 N–H and O–H groups in total. The number of rotatable bonds is 9. The van der Waals surface area contributed by atoms with E-state index in [4.69, 9.17) is 19.2 Å². The third-order valence-corrected chi connectivity index (χ3v) is 7.54. The maximum atomic E-state index is 13.4. The summed E-state index contributed by atoms with van der Waals surface area (Å²) in [6, 6.07) is 13.9. The van der Waals surface area contributed by atoms with Gasteiger partial charge in [0.05, 0.1) is 31.3 Å². The molecule has 0 aliphatic rings. The van der Waals surface area contributed by atoms with Crippen molar-refractivity contribution in [3.8, 4) is 34.8 Å². The zero-order chi connectivity index (χ0) is 25.0. The molecule has 180 valence electrons. The lowest BCUT2D eigenvalue weighted by Crippen LogP contribution is -2.24. The van der Waals surface area contributed by atoms with Crippen LogP contribution >= 0.6 is 0 Å². The van der Waals surface area contributed by atoms with Gasteiger partial charge >= 0.3 is 0 Å². The SMILES string of the molecule is COc1cccc(OC)c1-n1c(CS(=O)(=O)[C@H](C)Cc2ccc(C#N)cn2)nnc1-c1ccco1. The summed E-state index contributed by atoms with van der Waals surface area (Å²) in [7, 11) is -0.669. The van der Waals surface area contributed by atoms with Crippen molar-refractivity contribution >= 4 is 9.84 Å². The number of furan rings is 1. The van der Waals surface area contributed by atoms with E-state index in [0.717, 1.165) is 0 Å². The maximum absolute atomic E-state index is 13.4. The van der Waals surface area contributed by atoms with Gasteiger partial charge in [0.1, 0.15) is 29.0 Å². The number of benzene rings is 1. The van der Waals surface area contributed by atoms with Crippen molar-refractivity contribution in [1.29, 1.82) is 5.26 Å². The molecule has 0 saturated carbocycles. The molecule has 0 aliphatic carbocycles. The fraction of sp³-hybridized carbons (Fsp3) is 0.250. The average Bonchev–Trinajstić information content (AvgIpc) is 3.53. The van der Waals surface area contributed by atoms with Gasteiger partial charge in [-0.25, -0.2) is 8.42 Å². The molecule has 1 atom stereocenters. The van der Waals surface area contributed by atoms with Crippen LogP contribution in [0.3, 0.4) is 0 Å². The van der Waals surface area contributed by atoms with Gasteiger partial charge in [-0.2, -0.15) is 5.26 Å². The number of aromatic nitrogens is 4. The predicted molar refractivity (Wildman–Crippen MR) is 127 cm³/mol. The number of hydrogen-bond donors (Lipinski definition) is 0. The molecule has 0 amide bonds. The van der Waals surface area contributed by atoms with Gasteiger partial charge in [-0.05, 0) is 43.3 Å². The molecule has 4 rings (SSSR count). The van der Waals surface area contributed by atoms with Crippen molar-refractivity contribution in [1.82, 2.24) is 19.7 Å². The number of pyridine rings is 1. The van der Waals surface area contributed by atoms with Gasteiger partial charge in [-0.15, -0.1) is 10.2 Å². The second kappa shape index (κ2) is 9.99. The molecular weight excluding hydrogens is 470 g/mol. The molecule has 0 fully saturated rings. The summed E-state index contributed by atoms with van der Waals surface area (Å²) < 4.78 is 44.9. The van der Waals surface area contributed by atoms with E-state index in [1.54, 1.807) is 54.0 Å². The van der Waals surface area contributed by atoms with Gasteiger partial charge in [-0.1, -0.05) is 6.07 Å². The van der Waals surface area contributed by atoms with Gasteiger partial charge in [0.2, 0.25) is 5.82 Å². The first-order valence-electron chi connectivity index (χ1n) is 10.6. The Kier molecular flexibility index (Phi) is 6.84. The minimum Gasteiger partial charge on any atom is -0.494 e. The largest absolute Gasteiger partial charge is 0.494 e. The second-order valence-electron chi connectivity index (χ2n) is 7.74. The van der Waals surface area contributed by atoms with Gasteiger partial charge in [0.25, 0.3) is 0 Å². The summed E-state index contributed by atoms with van der Waals surface area (Å²) in [6.45, 7) is 1.62. The highest BCUT2D eigenvalue weighted by atomic mass is 32.2. The standard InChI is InChI=1S/C24H23N5O5S/c1-16(12-18-10-9-17(13-25)14-26-18)35(30,31)15-22-27-28-24(21-8-5-11-34-21)29(22)23-19(32-2)6-4-7-20(23)33-3/h4-11,14,16H,12,15H2,1-3H3/t16-/m1/s1.